The van der Waals surface area contributed by atoms with Gasteiger partial charge in [0.05, 0.1) is 0 Å². The summed E-state index contributed by atoms with van der Waals surface area (Å²) >= 11 is 0. The molecule has 0 bridgehead atoms. The third-order valence-corrected chi connectivity index (χ3v) is 7.37. The SMILES string of the molecule is C/C=C/CCc1ccc(C#Cc2ccc(CCC3CCC(CCCCCC)CC3)cc2)cc1. The van der Waals surface area contributed by atoms with Crippen LogP contribution in [0.5, 0.6) is 0 Å². The molecular weight excluding hydrogens is 396 g/mol. The Morgan fingerprint density at radius 3 is 1.79 bits per heavy atom. The number of aryl methyl sites for hydroxylation is 2. The number of benzene rings is 2. The van der Waals surface area contributed by atoms with E-state index in [1.54, 1.807) is 0 Å². The van der Waals surface area contributed by atoms with Gasteiger partial charge in [-0.25, -0.2) is 0 Å². The molecule has 33 heavy (non-hydrogen) atoms. The molecule has 2 aromatic rings. The summed E-state index contributed by atoms with van der Waals surface area (Å²) in [4.78, 5) is 0. The van der Waals surface area contributed by atoms with E-state index < -0.39 is 0 Å². The molecule has 0 saturated heterocycles. The van der Waals surface area contributed by atoms with E-state index in [4.69, 9.17) is 0 Å². The van der Waals surface area contributed by atoms with Crippen LogP contribution in [0.2, 0.25) is 0 Å². The van der Waals surface area contributed by atoms with Crippen LogP contribution in [0.15, 0.2) is 60.7 Å². The van der Waals surface area contributed by atoms with Gasteiger partial charge in [-0.2, -0.15) is 0 Å². The number of allylic oxidation sites excluding steroid dienone is 2. The minimum atomic E-state index is 0.942. The molecule has 1 saturated carbocycles. The van der Waals surface area contributed by atoms with E-state index in [0.29, 0.717) is 0 Å². The summed E-state index contributed by atoms with van der Waals surface area (Å²) in [6.45, 7) is 4.38. The molecule has 176 valence electrons. The van der Waals surface area contributed by atoms with E-state index in [0.717, 1.165) is 35.8 Å². The van der Waals surface area contributed by atoms with Crippen molar-refractivity contribution >= 4 is 0 Å². The molecule has 0 heterocycles. The van der Waals surface area contributed by atoms with Crippen LogP contribution in [0.4, 0.5) is 0 Å². The maximum atomic E-state index is 3.33. The average Bonchev–Trinajstić information content (AvgIpc) is 2.86. The summed E-state index contributed by atoms with van der Waals surface area (Å²) in [7, 11) is 0. The molecule has 0 N–H and O–H groups in total. The Morgan fingerprint density at radius 2 is 1.24 bits per heavy atom. The highest BCUT2D eigenvalue weighted by Crippen LogP contribution is 2.34. The standard InChI is InChI=1S/C33H44/c1-3-5-7-9-11-29-14-18-31(19-15-29)21-23-33-26-24-32(25-27-33)22-20-30-16-12-28(13-17-30)10-8-6-4-2/h4,6,12-13,16-17,24-27,29,31H,3,5,7-11,14-15,18-19,21,23H2,1-2H3/b6-4+. The Hall–Kier alpha value is -2.26. The first kappa shape index (κ1) is 25.4. The van der Waals surface area contributed by atoms with Gasteiger partial charge in [0.1, 0.15) is 0 Å². The zero-order valence-electron chi connectivity index (χ0n) is 21.1. The maximum absolute atomic E-state index is 3.33. The molecule has 0 unspecified atom stereocenters. The molecule has 0 atom stereocenters. The zero-order chi connectivity index (χ0) is 23.1. The van der Waals surface area contributed by atoms with Gasteiger partial charge in [0, 0.05) is 11.1 Å². The summed E-state index contributed by atoms with van der Waals surface area (Å²) in [5.74, 6) is 8.61. The van der Waals surface area contributed by atoms with Crippen LogP contribution in [0.3, 0.4) is 0 Å². The lowest BCUT2D eigenvalue weighted by Gasteiger charge is -2.28. The van der Waals surface area contributed by atoms with E-state index in [9.17, 15) is 0 Å². The molecule has 0 aromatic heterocycles. The van der Waals surface area contributed by atoms with Crippen molar-refractivity contribution in [1.29, 1.82) is 0 Å². The van der Waals surface area contributed by atoms with Crippen molar-refractivity contribution in [2.45, 2.75) is 97.3 Å². The molecule has 0 radical (unpaired) electrons. The van der Waals surface area contributed by atoms with Gasteiger partial charge in [-0.3, -0.25) is 0 Å². The number of hydrogen-bond donors (Lipinski definition) is 0. The Balaban J connectivity index is 1.38. The first-order chi connectivity index (χ1) is 16.3. The molecule has 0 heteroatoms. The first-order valence-electron chi connectivity index (χ1n) is 13.6. The van der Waals surface area contributed by atoms with Crippen molar-refractivity contribution in [3.63, 3.8) is 0 Å². The minimum Gasteiger partial charge on any atom is -0.0917 e. The van der Waals surface area contributed by atoms with E-state index in [1.165, 1.54) is 81.8 Å². The van der Waals surface area contributed by atoms with E-state index in [1.807, 2.05) is 0 Å². The van der Waals surface area contributed by atoms with Gasteiger partial charge in [0.2, 0.25) is 0 Å². The number of rotatable bonds is 11. The van der Waals surface area contributed by atoms with Crippen LogP contribution < -0.4 is 0 Å². The molecular formula is C33H44. The fraction of sp³-hybridized carbons (Fsp3) is 0.515. The quantitative estimate of drug-likeness (QED) is 0.185. The minimum absolute atomic E-state index is 0.942. The highest BCUT2D eigenvalue weighted by Gasteiger charge is 2.20. The summed E-state index contributed by atoms with van der Waals surface area (Å²) in [6.07, 6.45) is 22.1. The van der Waals surface area contributed by atoms with E-state index >= 15 is 0 Å². The van der Waals surface area contributed by atoms with Crippen LogP contribution in [0.25, 0.3) is 0 Å². The van der Waals surface area contributed by atoms with Crippen molar-refractivity contribution < 1.29 is 0 Å². The van der Waals surface area contributed by atoms with Crippen LogP contribution in [-0.4, -0.2) is 0 Å². The highest BCUT2D eigenvalue weighted by molar-refractivity contribution is 5.44. The fourth-order valence-corrected chi connectivity index (χ4v) is 5.11. The normalized spacial score (nSPS) is 18.2. The molecule has 0 spiro atoms. The summed E-state index contributed by atoms with van der Waals surface area (Å²) in [5.41, 5.74) is 5.05. The highest BCUT2D eigenvalue weighted by atomic mass is 14.3. The van der Waals surface area contributed by atoms with Crippen molar-refractivity contribution in [2.75, 3.05) is 0 Å². The largest absolute Gasteiger partial charge is 0.0917 e. The second-order valence-electron chi connectivity index (χ2n) is 10.0. The van der Waals surface area contributed by atoms with Gasteiger partial charge in [-0.15, -0.1) is 0 Å². The first-order valence-corrected chi connectivity index (χ1v) is 13.6. The molecule has 3 rings (SSSR count). The number of hydrogen-bond acceptors (Lipinski definition) is 0. The Bertz CT molecular complexity index is 864. The third kappa shape index (κ3) is 9.63. The third-order valence-electron chi connectivity index (χ3n) is 7.37. The monoisotopic (exact) mass is 440 g/mol. The van der Waals surface area contributed by atoms with Crippen LogP contribution in [-0.2, 0) is 12.8 Å². The predicted molar refractivity (Wildman–Crippen MR) is 145 cm³/mol. The Morgan fingerprint density at radius 1 is 0.697 bits per heavy atom. The fourth-order valence-electron chi connectivity index (χ4n) is 5.11. The molecule has 0 amide bonds. The predicted octanol–water partition coefficient (Wildman–Crippen LogP) is 9.30. The maximum Gasteiger partial charge on any atom is 0.0249 e. The molecule has 1 fully saturated rings. The molecule has 0 nitrogen and oxygen atoms in total. The Labute approximate surface area is 203 Å². The second-order valence-corrected chi connectivity index (χ2v) is 10.0. The van der Waals surface area contributed by atoms with E-state index in [-0.39, 0.29) is 0 Å². The summed E-state index contributed by atoms with van der Waals surface area (Å²) in [6, 6.07) is 17.7. The lowest BCUT2D eigenvalue weighted by molar-refractivity contribution is 0.249. The smallest absolute Gasteiger partial charge is 0.0249 e. The second kappa shape index (κ2) is 14.8. The topological polar surface area (TPSA) is 0 Å². The van der Waals surface area contributed by atoms with Crippen LogP contribution in [0, 0.1) is 23.7 Å². The Kier molecular flexibility index (Phi) is 11.4. The van der Waals surface area contributed by atoms with E-state index in [2.05, 4.69) is 86.4 Å². The van der Waals surface area contributed by atoms with Crippen molar-refractivity contribution in [2.24, 2.45) is 11.8 Å². The zero-order valence-corrected chi connectivity index (χ0v) is 21.1. The molecule has 1 aliphatic carbocycles. The van der Waals surface area contributed by atoms with Crippen molar-refractivity contribution in [3.8, 4) is 11.8 Å². The van der Waals surface area contributed by atoms with Gasteiger partial charge in [-0.05, 0) is 79.8 Å². The van der Waals surface area contributed by atoms with Gasteiger partial charge in [0.25, 0.3) is 0 Å². The van der Waals surface area contributed by atoms with Gasteiger partial charge >= 0.3 is 0 Å². The van der Waals surface area contributed by atoms with Crippen molar-refractivity contribution in [3.05, 3.63) is 82.9 Å². The molecule has 1 aliphatic rings. The lowest BCUT2D eigenvalue weighted by Crippen LogP contribution is -2.15. The van der Waals surface area contributed by atoms with Crippen molar-refractivity contribution in [1.82, 2.24) is 0 Å². The molecule has 0 aliphatic heterocycles. The number of unbranched alkanes of at least 4 members (excludes halogenated alkanes) is 3. The molecule has 2 aromatic carbocycles. The van der Waals surface area contributed by atoms with Gasteiger partial charge < -0.3 is 0 Å². The van der Waals surface area contributed by atoms with Crippen LogP contribution >= 0.6 is 0 Å². The average molecular weight is 441 g/mol. The summed E-state index contributed by atoms with van der Waals surface area (Å²) < 4.78 is 0. The van der Waals surface area contributed by atoms with Gasteiger partial charge in [0.15, 0.2) is 0 Å². The summed E-state index contributed by atoms with van der Waals surface area (Å²) in [5, 5.41) is 0. The van der Waals surface area contributed by atoms with Gasteiger partial charge in [-0.1, -0.05) is 113 Å². The lowest BCUT2D eigenvalue weighted by atomic mass is 9.77. The van der Waals surface area contributed by atoms with Crippen LogP contribution in [0.1, 0.15) is 107 Å².